The first kappa shape index (κ1) is 20.1. The van der Waals surface area contributed by atoms with Crippen molar-refractivity contribution in [2.24, 2.45) is 0 Å². The van der Waals surface area contributed by atoms with Crippen molar-refractivity contribution in [3.63, 3.8) is 0 Å². The zero-order chi connectivity index (χ0) is 22.6. The number of pyridine rings is 3. The van der Waals surface area contributed by atoms with Crippen LogP contribution in [-0.4, -0.2) is 36.5 Å². The summed E-state index contributed by atoms with van der Waals surface area (Å²) >= 11 is 0. The molecule has 0 aliphatic carbocycles. The van der Waals surface area contributed by atoms with Crippen molar-refractivity contribution < 1.29 is 14.0 Å². The molecule has 0 bridgehead atoms. The molecule has 33 heavy (non-hydrogen) atoms. The second-order valence-corrected chi connectivity index (χ2v) is 7.07. The number of hydrogen-bond acceptors (Lipinski definition) is 7. The average molecular weight is 439 g/mol. The molecule has 0 radical (unpaired) electrons. The van der Waals surface area contributed by atoms with Crippen molar-refractivity contribution in [1.82, 2.24) is 35.6 Å². The van der Waals surface area contributed by atoms with Gasteiger partial charge in [0.25, 0.3) is 11.8 Å². The van der Waals surface area contributed by atoms with Gasteiger partial charge in [0.05, 0.1) is 34.7 Å². The fourth-order valence-electron chi connectivity index (χ4n) is 3.31. The zero-order valence-electron chi connectivity index (χ0n) is 17.2. The van der Waals surface area contributed by atoms with Gasteiger partial charge < -0.3 is 4.42 Å². The van der Waals surface area contributed by atoms with E-state index in [2.05, 4.69) is 25.9 Å². The molecule has 0 aromatic carbocycles. The van der Waals surface area contributed by atoms with Crippen molar-refractivity contribution in [1.29, 1.82) is 0 Å². The molecule has 5 heterocycles. The Kier molecular flexibility index (Phi) is 5.30. The van der Waals surface area contributed by atoms with Gasteiger partial charge in [0.2, 0.25) is 0 Å². The second kappa shape index (κ2) is 8.71. The summed E-state index contributed by atoms with van der Waals surface area (Å²) in [5.74, 6) is -0.298. The minimum Gasteiger partial charge on any atom is -0.467 e. The van der Waals surface area contributed by atoms with Crippen LogP contribution in [0.5, 0.6) is 0 Å². The van der Waals surface area contributed by atoms with Crippen molar-refractivity contribution in [2.45, 2.75) is 6.54 Å². The molecule has 0 saturated carbocycles. The molecule has 0 atom stereocenters. The first-order valence-corrected chi connectivity index (χ1v) is 9.99. The zero-order valence-corrected chi connectivity index (χ0v) is 17.2. The van der Waals surface area contributed by atoms with Crippen molar-refractivity contribution >= 4 is 22.8 Å². The van der Waals surface area contributed by atoms with E-state index in [4.69, 9.17) is 9.40 Å². The Bertz CT molecular complexity index is 1420. The maximum atomic E-state index is 13.1. The van der Waals surface area contributed by atoms with Crippen molar-refractivity contribution in [2.75, 3.05) is 0 Å². The predicted molar refractivity (Wildman–Crippen MR) is 118 cm³/mol. The number of carbonyl (C=O) groups excluding carboxylic acids is 2. The van der Waals surface area contributed by atoms with Gasteiger partial charge in [-0.1, -0.05) is 0 Å². The molecule has 0 unspecified atom stereocenters. The fraction of sp³-hybridized carbons (Fsp3) is 0.0435. The molecule has 0 saturated heterocycles. The number of nitrogens with one attached hydrogen (secondary N) is 2. The Morgan fingerprint density at radius 3 is 2.48 bits per heavy atom. The van der Waals surface area contributed by atoms with Crippen LogP contribution in [0.2, 0.25) is 0 Å². The number of amides is 2. The Labute approximate surface area is 187 Å². The van der Waals surface area contributed by atoms with E-state index in [0.29, 0.717) is 40.2 Å². The van der Waals surface area contributed by atoms with Gasteiger partial charge in [-0.15, -0.1) is 0 Å². The highest BCUT2D eigenvalue weighted by molar-refractivity contribution is 6.07. The third kappa shape index (κ3) is 4.17. The van der Waals surface area contributed by atoms with Gasteiger partial charge in [-0.3, -0.25) is 30.4 Å². The lowest BCUT2D eigenvalue weighted by Crippen LogP contribution is -2.41. The molecule has 0 aliphatic heterocycles. The smallest absolute Gasteiger partial charge is 0.271 e. The third-order valence-corrected chi connectivity index (χ3v) is 4.91. The first-order chi connectivity index (χ1) is 16.2. The van der Waals surface area contributed by atoms with Crippen LogP contribution in [0.4, 0.5) is 0 Å². The number of hydrazine groups is 1. The summed E-state index contributed by atoms with van der Waals surface area (Å²) in [6, 6.07) is 12.1. The molecule has 5 aromatic heterocycles. The molecule has 10 heteroatoms. The third-order valence-electron chi connectivity index (χ3n) is 4.91. The number of hydrogen-bond donors (Lipinski definition) is 2. The predicted octanol–water partition coefficient (Wildman–Crippen LogP) is 2.60. The summed E-state index contributed by atoms with van der Waals surface area (Å²) < 4.78 is 7.08. The molecule has 5 aromatic rings. The maximum absolute atomic E-state index is 13.1. The Hall–Kier alpha value is -4.86. The molecule has 5 rings (SSSR count). The molecule has 0 spiro atoms. The quantitative estimate of drug-likeness (QED) is 0.403. The average Bonchev–Trinajstić information content (AvgIpc) is 3.53. The lowest BCUT2D eigenvalue weighted by molar-refractivity contribution is 0.0847. The highest BCUT2D eigenvalue weighted by atomic mass is 16.3. The van der Waals surface area contributed by atoms with Crippen LogP contribution in [0.1, 0.15) is 26.5 Å². The largest absolute Gasteiger partial charge is 0.467 e. The summed E-state index contributed by atoms with van der Waals surface area (Å²) in [5, 5.41) is 4.92. The van der Waals surface area contributed by atoms with Gasteiger partial charge in [-0.05, 0) is 42.5 Å². The van der Waals surface area contributed by atoms with E-state index >= 15 is 0 Å². The number of fused-ring (bicyclic) bond motifs is 1. The normalized spacial score (nSPS) is 10.8. The summed E-state index contributed by atoms with van der Waals surface area (Å²) in [7, 11) is 0. The summed E-state index contributed by atoms with van der Waals surface area (Å²) in [5.41, 5.74) is 7.26. The number of nitrogens with zero attached hydrogens (tertiary/aromatic N) is 5. The standard InChI is InChI=1S/C23H17N7O3/c31-22(16-5-2-8-25-12-16)28-29-23(32)18-10-20(15-4-1-7-24-11-15)27-21-19(18)13-26-30(21)14-17-6-3-9-33-17/h1-13H,14H2,(H,28,31)(H,29,32). The Morgan fingerprint density at radius 1 is 0.939 bits per heavy atom. The number of furan rings is 1. The van der Waals surface area contributed by atoms with Gasteiger partial charge in [0, 0.05) is 30.4 Å². The van der Waals surface area contributed by atoms with Crippen LogP contribution in [0.15, 0.2) is 84.1 Å². The van der Waals surface area contributed by atoms with Crippen LogP contribution < -0.4 is 10.9 Å². The van der Waals surface area contributed by atoms with E-state index in [-0.39, 0.29) is 0 Å². The van der Waals surface area contributed by atoms with E-state index in [1.807, 2.05) is 12.1 Å². The van der Waals surface area contributed by atoms with E-state index < -0.39 is 11.8 Å². The van der Waals surface area contributed by atoms with Crippen molar-refractivity contribution in [3.8, 4) is 11.3 Å². The Morgan fingerprint density at radius 2 is 1.76 bits per heavy atom. The van der Waals surface area contributed by atoms with Crippen molar-refractivity contribution in [3.05, 3.63) is 96.6 Å². The van der Waals surface area contributed by atoms with Crippen LogP contribution in [0, 0.1) is 0 Å². The molecule has 2 N–H and O–H groups in total. The molecule has 2 amide bonds. The summed E-state index contributed by atoms with van der Waals surface area (Å²) in [6.45, 7) is 0.346. The molecule has 10 nitrogen and oxygen atoms in total. The number of aromatic nitrogens is 5. The number of rotatable bonds is 5. The van der Waals surface area contributed by atoms with E-state index in [0.717, 1.165) is 5.56 Å². The highest BCUT2D eigenvalue weighted by Crippen LogP contribution is 2.25. The van der Waals surface area contributed by atoms with Gasteiger partial charge in [-0.2, -0.15) is 5.10 Å². The lowest BCUT2D eigenvalue weighted by atomic mass is 10.1. The monoisotopic (exact) mass is 439 g/mol. The fourth-order valence-corrected chi connectivity index (χ4v) is 3.31. The van der Waals surface area contributed by atoms with E-state index in [1.54, 1.807) is 66.1 Å². The van der Waals surface area contributed by atoms with Crippen LogP contribution >= 0.6 is 0 Å². The van der Waals surface area contributed by atoms with Gasteiger partial charge >= 0.3 is 0 Å². The molecule has 0 aliphatic rings. The SMILES string of the molecule is O=C(NNC(=O)c1cc(-c2cccnc2)nc2c1cnn2Cc1ccco1)c1cccnc1. The van der Waals surface area contributed by atoms with E-state index in [1.165, 1.54) is 6.20 Å². The highest BCUT2D eigenvalue weighted by Gasteiger charge is 2.19. The molecule has 162 valence electrons. The van der Waals surface area contributed by atoms with Crippen LogP contribution in [-0.2, 0) is 6.54 Å². The summed E-state index contributed by atoms with van der Waals surface area (Å²) in [4.78, 5) is 38.1. The molecule has 0 fully saturated rings. The number of carbonyl (C=O) groups is 2. The Balaban J connectivity index is 1.50. The molecular formula is C23H17N7O3. The minimum atomic E-state index is -0.512. The topological polar surface area (TPSA) is 128 Å². The van der Waals surface area contributed by atoms with Crippen LogP contribution in [0.25, 0.3) is 22.3 Å². The van der Waals surface area contributed by atoms with E-state index in [9.17, 15) is 9.59 Å². The molecular weight excluding hydrogens is 422 g/mol. The van der Waals surface area contributed by atoms with Gasteiger partial charge in [0.1, 0.15) is 12.3 Å². The lowest BCUT2D eigenvalue weighted by Gasteiger charge is -2.10. The van der Waals surface area contributed by atoms with Crippen LogP contribution in [0.3, 0.4) is 0 Å². The second-order valence-electron chi connectivity index (χ2n) is 7.07. The maximum Gasteiger partial charge on any atom is 0.271 e. The minimum absolute atomic E-state index is 0.302. The first-order valence-electron chi connectivity index (χ1n) is 9.99. The van der Waals surface area contributed by atoms with Gasteiger partial charge in [-0.25, -0.2) is 9.67 Å². The summed E-state index contributed by atoms with van der Waals surface area (Å²) in [6.07, 6.45) is 9.43. The van der Waals surface area contributed by atoms with Gasteiger partial charge in [0.15, 0.2) is 5.65 Å².